The fourth-order valence-corrected chi connectivity index (χ4v) is 2.31. The number of hydrogen-bond acceptors (Lipinski definition) is 1. The second-order valence-corrected chi connectivity index (χ2v) is 4.19. The summed E-state index contributed by atoms with van der Waals surface area (Å²) in [5.41, 5.74) is 1.52. The molecule has 0 N–H and O–H groups in total. The van der Waals surface area contributed by atoms with E-state index in [1.807, 2.05) is 0 Å². The Balaban J connectivity index is 2.68. The third-order valence-corrected chi connectivity index (χ3v) is 3.11. The molecule has 13 heavy (non-hydrogen) atoms. The van der Waals surface area contributed by atoms with E-state index in [2.05, 4.69) is 19.9 Å². The van der Waals surface area contributed by atoms with Gasteiger partial charge in [-0.25, -0.2) is 0 Å². The summed E-state index contributed by atoms with van der Waals surface area (Å²) >= 11 is 0. The van der Waals surface area contributed by atoms with E-state index in [-0.39, 0.29) is 0 Å². The van der Waals surface area contributed by atoms with Crippen molar-refractivity contribution in [3.8, 4) is 0 Å². The molecule has 0 aromatic heterocycles. The lowest BCUT2D eigenvalue weighted by Crippen LogP contribution is -2.05. The molecule has 1 nitrogen and oxygen atoms in total. The molecule has 0 radical (unpaired) electrons. The van der Waals surface area contributed by atoms with Crippen LogP contribution in [0.5, 0.6) is 0 Å². The van der Waals surface area contributed by atoms with Gasteiger partial charge in [0.25, 0.3) is 0 Å². The van der Waals surface area contributed by atoms with Crippen molar-refractivity contribution in [2.75, 3.05) is 0 Å². The van der Waals surface area contributed by atoms with Gasteiger partial charge in [0, 0.05) is 6.42 Å². The molecule has 0 aliphatic heterocycles. The Labute approximate surface area is 81.2 Å². The third-order valence-electron chi connectivity index (χ3n) is 3.11. The molecule has 0 amide bonds. The first-order valence-corrected chi connectivity index (χ1v) is 5.39. The molecule has 2 atom stereocenters. The summed E-state index contributed by atoms with van der Waals surface area (Å²) in [5, 5.41) is 0. The van der Waals surface area contributed by atoms with E-state index in [1.165, 1.54) is 31.3 Å². The standard InChI is InChI=1S/C12H20O/c1-10-6-3-4-7-11(2)12(10)8-5-9-13/h8-11H,3-7H2,1-2H3. The van der Waals surface area contributed by atoms with Gasteiger partial charge in [0.1, 0.15) is 6.29 Å². The lowest BCUT2D eigenvalue weighted by atomic mass is 9.88. The number of aldehydes is 1. The molecule has 1 aliphatic carbocycles. The summed E-state index contributed by atoms with van der Waals surface area (Å²) in [7, 11) is 0. The van der Waals surface area contributed by atoms with Crippen LogP contribution in [-0.4, -0.2) is 6.29 Å². The van der Waals surface area contributed by atoms with E-state index in [4.69, 9.17) is 0 Å². The first-order valence-electron chi connectivity index (χ1n) is 5.39. The molecule has 0 aromatic rings. The lowest BCUT2D eigenvalue weighted by molar-refractivity contribution is -0.107. The molecule has 0 spiro atoms. The summed E-state index contributed by atoms with van der Waals surface area (Å²) in [6, 6.07) is 0. The van der Waals surface area contributed by atoms with Gasteiger partial charge in [0.05, 0.1) is 0 Å². The Morgan fingerprint density at radius 1 is 1.23 bits per heavy atom. The third kappa shape index (κ3) is 2.98. The van der Waals surface area contributed by atoms with Crippen LogP contribution in [0.2, 0.25) is 0 Å². The highest BCUT2D eigenvalue weighted by atomic mass is 16.1. The predicted octanol–water partition coefficient (Wildman–Crippen LogP) is 3.35. The average Bonchev–Trinajstić information content (AvgIpc) is 2.26. The quantitative estimate of drug-likeness (QED) is 0.362. The molecule has 0 aromatic carbocycles. The van der Waals surface area contributed by atoms with E-state index in [1.54, 1.807) is 0 Å². The predicted molar refractivity (Wildman–Crippen MR) is 55.6 cm³/mol. The molecule has 0 heterocycles. The van der Waals surface area contributed by atoms with Gasteiger partial charge in [-0.05, 0) is 24.7 Å². The maximum Gasteiger partial charge on any atom is 0.123 e. The Morgan fingerprint density at radius 3 is 2.23 bits per heavy atom. The highest BCUT2D eigenvalue weighted by molar-refractivity contribution is 5.52. The Bertz CT molecular complexity index is 179. The molecule has 1 heteroatoms. The molecule has 1 fully saturated rings. The van der Waals surface area contributed by atoms with Gasteiger partial charge in [-0.1, -0.05) is 38.3 Å². The van der Waals surface area contributed by atoms with Crippen LogP contribution in [0, 0.1) is 11.8 Å². The van der Waals surface area contributed by atoms with Gasteiger partial charge >= 0.3 is 0 Å². The molecule has 0 saturated heterocycles. The molecular formula is C12H20O. The number of allylic oxidation sites excluding steroid dienone is 2. The summed E-state index contributed by atoms with van der Waals surface area (Å²) in [4.78, 5) is 10.3. The number of carbonyl (C=O) groups is 1. The van der Waals surface area contributed by atoms with E-state index in [9.17, 15) is 4.79 Å². The molecule has 1 aliphatic rings. The van der Waals surface area contributed by atoms with Gasteiger partial charge in [0.2, 0.25) is 0 Å². The van der Waals surface area contributed by atoms with Crippen molar-refractivity contribution in [1.29, 1.82) is 0 Å². The van der Waals surface area contributed by atoms with E-state index in [0.29, 0.717) is 18.3 Å². The lowest BCUT2D eigenvalue weighted by Gasteiger charge is -2.17. The van der Waals surface area contributed by atoms with Crippen LogP contribution in [0.3, 0.4) is 0 Å². The van der Waals surface area contributed by atoms with E-state index >= 15 is 0 Å². The molecule has 1 rings (SSSR count). The smallest absolute Gasteiger partial charge is 0.123 e. The minimum absolute atomic E-state index is 0.601. The summed E-state index contributed by atoms with van der Waals surface area (Å²) in [6.45, 7) is 4.58. The second kappa shape index (κ2) is 5.21. The molecule has 2 unspecified atom stereocenters. The Kier molecular flexibility index (Phi) is 4.20. The van der Waals surface area contributed by atoms with Crippen LogP contribution in [0.1, 0.15) is 46.0 Å². The van der Waals surface area contributed by atoms with Gasteiger partial charge in [0.15, 0.2) is 0 Å². The molecule has 74 valence electrons. The average molecular weight is 180 g/mol. The zero-order valence-corrected chi connectivity index (χ0v) is 8.75. The van der Waals surface area contributed by atoms with Crippen LogP contribution in [-0.2, 0) is 4.79 Å². The number of hydrogen-bond donors (Lipinski definition) is 0. The molecule has 1 saturated carbocycles. The summed E-state index contributed by atoms with van der Waals surface area (Å²) in [6.07, 6.45) is 9.05. The number of carbonyl (C=O) groups excluding carboxylic acids is 1. The Morgan fingerprint density at radius 2 is 1.77 bits per heavy atom. The first-order chi connectivity index (χ1) is 6.25. The zero-order valence-electron chi connectivity index (χ0n) is 8.75. The summed E-state index contributed by atoms with van der Waals surface area (Å²) in [5.74, 6) is 1.38. The van der Waals surface area contributed by atoms with Crippen LogP contribution >= 0.6 is 0 Å². The maximum absolute atomic E-state index is 10.3. The maximum atomic E-state index is 10.3. The fourth-order valence-electron chi connectivity index (χ4n) is 2.31. The highest BCUT2D eigenvalue weighted by Gasteiger charge is 2.18. The topological polar surface area (TPSA) is 17.1 Å². The van der Waals surface area contributed by atoms with Crippen LogP contribution < -0.4 is 0 Å². The first kappa shape index (κ1) is 10.5. The van der Waals surface area contributed by atoms with Crippen molar-refractivity contribution in [3.63, 3.8) is 0 Å². The van der Waals surface area contributed by atoms with Crippen molar-refractivity contribution >= 4 is 6.29 Å². The van der Waals surface area contributed by atoms with E-state index in [0.717, 1.165) is 6.29 Å². The van der Waals surface area contributed by atoms with Gasteiger partial charge < -0.3 is 4.79 Å². The normalized spacial score (nSPS) is 29.5. The van der Waals surface area contributed by atoms with Gasteiger partial charge in [-0.2, -0.15) is 0 Å². The van der Waals surface area contributed by atoms with Crippen molar-refractivity contribution in [1.82, 2.24) is 0 Å². The van der Waals surface area contributed by atoms with Crippen molar-refractivity contribution in [2.24, 2.45) is 11.8 Å². The fraction of sp³-hybridized carbons (Fsp3) is 0.750. The van der Waals surface area contributed by atoms with Gasteiger partial charge in [-0.3, -0.25) is 0 Å². The molecule has 0 bridgehead atoms. The van der Waals surface area contributed by atoms with E-state index < -0.39 is 0 Å². The van der Waals surface area contributed by atoms with Crippen molar-refractivity contribution in [3.05, 3.63) is 11.6 Å². The van der Waals surface area contributed by atoms with Crippen LogP contribution in [0.4, 0.5) is 0 Å². The monoisotopic (exact) mass is 180 g/mol. The SMILES string of the molecule is CC1CCCCC(C)C1=CCC=O. The zero-order chi connectivity index (χ0) is 9.68. The van der Waals surface area contributed by atoms with Crippen molar-refractivity contribution < 1.29 is 4.79 Å². The minimum atomic E-state index is 0.601. The number of rotatable bonds is 2. The van der Waals surface area contributed by atoms with Crippen LogP contribution in [0.15, 0.2) is 11.6 Å². The van der Waals surface area contributed by atoms with Gasteiger partial charge in [-0.15, -0.1) is 0 Å². The largest absolute Gasteiger partial charge is 0.303 e. The Hall–Kier alpha value is -0.590. The minimum Gasteiger partial charge on any atom is -0.303 e. The van der Waals surface area contributed by atoms with Crippen molar-refractivity contribution in [2.45, 2.75) is 46.0 Å². The highest BCUT2D eigenvalue weighted by Crippen LogP contribution is 2.32. The second-order valence-electron chi connectivity index (χ2n) is 4.19. The molecular weight excluding hydrogens is 160 g/mol. The van der Waals surface area contributed by atoms with Crippen LogP contribution in [0.25, 0.3) is 0 Å². The summed E-state index contributed by atoms with van der Waals surface area (Å²) < 4.78 is 0.